The maximum Gasteiger partial charge on any atom is 0.262 e. The fourth-order valence-electron chi connectivity index (χ4n) is 4.16. The second-order valence-electron chi connectivity index (χ2n) is 8.68. The number of ether oxygens (including phenoxy) is 2. The van der Waals surface area contributed by atoms with Crippen molar-refractivity contribution < 1.29 is 14.3 Å². The predicted octanol–water partition coefficient (Wildman–Crippen LogP) is 5.19. The largest absolute Gasteiger partial charge is 0.454 e. The van der Waals surface area contributed by atoms with Gasteiger partial charge in [-0.25, -0.2) is 4.98 Å². The fourth-order valence-corrected chi connectivity index (χ4v) is 5.20. The summed E-state index contributed by atoms with van der Waals surface area (Å²) in [5.74, 6) is 0.986. The summed E-state index contributed by atoms with van der Waals surface area (Å²) in [6.45, 7) is 4.50. The Morgan fingerprint density at radius 2 is 1.86 bits per heavy atom. The molecule has 1 aromatic heterocycles. The minimum absolute atomic E-state index is 0.118. The average molecular weight is 502 g/mol. The standard InChI is InChI=1S/C28H27N3O4S/c1-3-25(26(32)29-20-11-7-8-18(2)14-20)36-28-30-22-16-24-23(34-17-35-24)15-21(22)27(33)31(28)13-12-19-9-5-4-6-10-19/h4-11,14-16,25H,3,12-13,17H2,1-2H3,(H,29,32)/t25-/m1/s1. The third kappa shape index (κ3) is 5.09. The van der Waals surface area contributed by atoms with Gasteiger partial charge in [-0.05, 0) is 49.1 Å². The number of amides is 1. The molecule has 4 aromatic rings. The zero-order chi connectivity index (χ0) is 25.1. The molecule has 0 unspecified atom stereocenters. The molecule has 1 aliphatic rings. The highest BCUT2D eigenvalue weighted by Gasteiger charge is 2.24. The van der Waals surface area contributed by atoms with Gasteiger partial charge >= 0.3 is 0 Å². The molecule has 0 aliphatic carbocycles. The van der Waals surface area contributed by atoms with Crippen molar-refractivity contribution in [3.05, 3.63) is 88.2 Å². The molecule has 36 heavy (non-hydrogen) atoms. The first-order chi connectivity index (χ1) is 17.5. The molecular formula is C28H27N3O4S. The van der Waals surface area contributed by atoms with Gasteiger partial charge < -0.3 is 14.8 Å². The van der Waals surface area contributed by atoms with E-state index in [0.717, 1.165) is 16.8 Å². The highest BCUT2D eigenvalue weighted by molar-refractivity contribution is 8.00. The second-order valence-corrected chi connectivity index (χ2v) is 9.85. The van der Waals surface area contributed by atoms with Crippen molar-refractivity contribution in [2.75, 3.05) is 12.1 Å². The van der Waals surface area contributed by atoms with Gasteiger partial charge in [0, 0.05) is 18.3 Å². The summed E-state index contributed by atoms with van der Waals surface area (Å²) in [5, 5.41) is 3.56. The Morgan fingerprint density at radius 3 is 2.61 bits per heavy atom. The number of nitrogens with zero attached hydrogens (tertiary/aromatic N) is 2. The summed E-state index contributed by atoms with van der Waals surface area (Å²) in [5.41, 5.74) is 3.30. The van der Waals surface area contributed by atoms with Crippen LogP contribution in [0.3, 0.4) is 0 Å². The van der Waals surface area contributed by atoms with E-state index in [1.165, 1.54) is 11.8 Å². The van der Waals surface area contributed by atoms with Crippen LogP contribution in [0.2, 0.25) is 0 Å². The van der Waals surface area contributed by atoms with Crippen molar-refractivity contribution >= 4 is 34.3 Å². The summed E-state index contributed by atoms with van der Waals surface area (Å²) in [7, 11) is 0. The lowest BCUT2D eigenvalue weighted by molar-refractivity contribution is -0.115. The van der Waals surface area contributed by atoms with E-state index in [0.29, 0.717) is 46.9 Å². The normalized spacial score (nSPS) is 13.1. The molecule has 3 aromatic carbocycles. The third-order valence-corrected chi connectivity index (χ3v) is 7.43. The predicted molar refractivity (Wildman–Crippen MR) is 142 cm³/mol. The average Bonchev–Trinajstić information content (AvgIpc) is 3.34. The minimum Gasteiger partial charge on any atom is -0.454 e. The lowest BCUT2D eigenvalue weighted by atomic mass is 10.1. The number of aromatic nitrogens is 2. The van der Waals surface area contributed by atoms with Gasteiger partial charge in [-0.1, -0.05) is 61.2 Å². The Kier molecular flexibility index (Phi) is 6.95. The van der Waals surface area contributed by atoms with Crippen LogP contribution < -0.4 is 20.3 Å². The van der Waals surface area contributed by atoms with Gasteiger partial charge in [0.2, 0.25) is 12.7 Å². The van der Waals surface area contributed by atoms with Crippen LogP contribution in [0.5, 0.6) is 11.5 Å². The highest BCUT2D eigenvalue weighted by atomic mass is 32.2. The number of nitrogens with one attached hydrogen (secondary N) is 1. The van der Waals surface area contributed by atoms with Crippen LogP contribution in [0.25, 0.3) is 10.9 Å². The minimum atomic E-state index is -0.424. The van der Waals surface area contributed by atoms with Crippen LogP contribution >= 0.6 is 11.8 Å². The molecule has 1 aliphatic heterocycles. The van der Waals surface area contributed by atoms with Crippen molar-refractivity contribution in [1.29, 1.82) is 0 Å². The zero-order valence-electron chi connectivity index (χ0n) is 20.2. The summed E-state index contributed by atoms with van der Waals surface area (Å²) in [6, 6.07) is 21.1. The molecule has 2 heterocycles. The first kappa shape index (κ1) is 23.9. The molecule has 0 fully saturated rings. The molecule has 5 rings (SSSR count). The maximum absolute atomic E-state index is 13.7. The van der Waals surface area contributed by atoms with Crippen molar-refractivity contribution in [2.45, 2.75) is 43.6 Å². The SMILES string of the molecule is CC[C@@H](Sc1nc2cc3c(cc2c(=O)n1CCc1ccccc1)OCO3)C(=O)Nc1cccc(C)c1. The molecule has 0 saturated carbocycles. The Hall–Kier alpha value is -3.78. The number of hydrogen-bond donors (Lipinski definition) is 1. The van der Waals surface area contributed by atoms with E-state index < -0.39 is 5.25 Å². The number of aryl methyl sites for hydroxylation is 2. The van der Waals surface area contributed by atoms with Crippen LogP contribution in [-0.4, -0.2) is 27.5 Å². The molecule has 7 nitrogen and oxygen atoms in total. The highest BCUT2D eigenvalue weighted by Crippen LogP contribution is 2.35. The molecule has 1 atom stereocenters. The number of fused-ring (bicyclic) bond motifs is 2. The Labute approximate surface area is 213 Å². The Bertz CT molecular complexity index is 1470. The molecule has 8 heteroatoms. The molecule has 1 N–H and O–H groups in total. The third-order valence-electron chi connectivity index (χ3n) is 6.08. The van der Waals surface area contributed by atoms with E-state index in [2.05, 4.69) is 5.32 Å². The van der Waals surface area contributed by atoms with Crippen molar-refractivity contribution in [3.63, 3.8) is 0 Å². The smallest absolute Gasteiger partial charge is 0.262 e. The van der Waals surface area contributed by atoms with E-state index in [1.54, 1.807) is 16.7 Å². The summed E-state index contributed by atoms with van der Waals surface area (Å²) < 4.78 is 12.7. The molecule has 0 radical (unpaired) electrons. The van der Waals surface area contributed by atoms with E-state index in [9.17, 15) is 9.59 Å². The molecule has 0 saturated heterocycles. The Morgan fingerprint density at radius 1 is 1.08 bits per heavy atom. The summed E-state index contributed by atoms with van der Waals surface area (Å²) in [6.07, 6.45) is 1.24. The van der Waals surface area contributed by atoms with Crippen LogP contribution in [-0.2, 0) is 17.8 Å². The molecule has 1 amide bonds. The number of rotatable bonds is 8. The summed E-state index contributed by atoms with van der Waals surface area (Å²) in [4.78, 5) is 31.6. The van der Waals surface area contributed by atoms with Crippen molar-refractivity contribution in [1.82, 2.24) is 9.55 Å². The van der Waals surface area contributed by atoms with Gasteiger partial charge in [-0.3, -0.25) is 14.2 Å². The number of anilines is 1. The van der Waals surface area contributed by atoms with Crippen LogP contribution in [0, 0.1) is 6.92 Å². The number of hydrogen-bond acceptors (Lipinski definition) is 6. The van der Waals surface area contributed by atoms with E-state index >= 15 is 0 Å². The van der Waals surface area contributed by atoms with Crippen LogP contribution in [0.15, 0.2) is 76.7 Å². The van der Waals surface area contributed by atoms with Crippen LogP contribution in [0.4, 0.5) is 5.69 Å². The van der Waals surface area contributed by atoms with Gasteiger partial charge in [-0.2, -0.15) is 0 Å². The monoisotopic (exact) mass is 501 g/mol. The first-order valence-corrected chi connectivity index (χ1v) is 12.8. The second kappa shape index (κ2) is 10.5. The van der Waals surface area contributed by atoms with E-state index in [-0.39, 0.29) is 18.3 Å². The molecule has 0 bridgehead atoms. The van der Waals surface area contributed by atoms with Crippen molar-refractivity contribution in [3.8, 4) is 11.5 Å². The number of carbonyl (C=O) groups is 1. The van der Waals surface area contributed by atoms with Gasteiger partial charge in [0.25, 0.3) is 5.56 Å². The zero-order valence-corrected chi connectivity index (χ0v) is 21.0. The lowest BCUT2D eigenvalue weighted by Gasteiger charge is -2.18. The molecular weight excluding hydrogens is 474 g/mol. The van der Waals surface area contributed by atoms with Gasteiger partial charge in [0.1, 0.15) is 0 Å². The number of carbonyl (C=O) groups excluding carboxylic acids is 1. The van der Waals surface area contributed by atoms with E-state index in [1.807, 2.05) is 68.4 Å². The number of thioether (sulfide) groups is 1. The van der Waals surface area contributed by atoms with Gasteiger partial charge in [-0.15, -0.1) is 0 Å². The molecule has 184 valence electrons. The van der Waals surface area contributed by atoms with Crippen molar-refractivity contribution in [2.24, 2.45) is 0 Å². The molecule has 0 spiro atoms. The topological polar surface area (TPSA) is 82.5 Å². The van der Waals surface area contributed by atoms with E-state index in [4.69, 9.17) is 14.5 Å². The van der Waals surface area contributed by atoms with Gasteiger partial charge in [0.15, 0.2) is 16.7 Å². The lowest BCUT2D eigenvalue weighted by Crippen LogP contribution is -2.28. The first-order valence-electron chi connectivity index (χ1n) is 11.9. The Balaban J connectivity index is 1.49. The van der Waals surface area contributed by atoms with Crippen LogP contribution in [0.1, 0.15) is 24.5 Å². The maximum atomic E-state index is 13.7. The summed E-state index contributed by atoms with van der Waals surface area (Å²) >= 11 is 1.31. The quantitative estimate of drug-likeness (QED) is 0.264. The fraction of sp³-hybridized carbons (Fsp3) is 0.250. The van der Waals surface area contributed by atoms with Gasteiger partial charge in [0.05, 0.1) is 16.2 Å². The number of benzene rings is 3.